The van der Waals surface area contributed by atoms with Crippen molar-refractivity contribution in [3.05, 3.63) is 5.82 Å². The number of rotatable bonds is 4. The average Bonchev–Trinajstić information content (AvgIpc) is 2.67. The van der Waals surface area contributed by atoms with E-state index in [1.54, 1.807) is 0 Å². The SMILES string of the molecule is CCOC1CC(N(C)c2nc(C)ns2)C12CCC2. The highest BCUT2D eigenvalue weighted by Gasteiger charge is 2.60. The van der Waals surface area contributed by atoms with E-state index in [2.05, 4.69) is 28.2 Å². The number of anilines is 1. The van der Waals surface area contributed by atoms with Gasteiger partial charge in [0.15, 0.2) is 0 Å². The van der Waals surface area contributed by atoms with E-state index in [0.29, 0.717) is 17.6 Å². The maximum absolute atomic E-state index is 5.90. The zero-order chi connectivity index (χ0) is 12.8. The van der Waals surface area contributed by atoms with E-state index in [0.717, 1.165) is 24.0 Å². The molecular weight excluding hydrogens is 246 g/mol. The van der Waals surface area contributed by atoms with Crippen molar-refractivity contribution in [1.82, 2.24) is 9.36 Å². The molecule has 100 valence electrons. The first-order valence-corrected chi connectivity index (χ1v) is 7.59. The number of nitrogens with zero attached hydrogens (tertiary/aromatic N) is 3. The van der Waals surface area contributed by atoms with Crippen molar-refractivity contribution in [3.8, 4) is 0 Å². The van der Waals surface area contributed by atoms with Crippen LogP contribution >= 0.6 is 11.5 Å². The van der Waals surface area contributed by atoms with Crippen molar-refractivity contribution in [2.45, 2.75) is 51.7 Å². The van der Waals surface area contributed by atoms with Gasteiger partial charge in [0, 0.05) is 36.6 Å². The molecule has 5 heteroatoms. The molecule has 2 aliphatic rings. The van der Waals surface area contributed by atoms with Crippen LogP contribution in [0, 0.1) is 12.3 Å². The summed E-state index contributed by atoms with van der Waals surface area (Å²) >= 11 is 1.51. The third-order valence-electron chi connectivity index (χ3n) is 4.68. The van der Waals surface area contributed by atoms with Crippen LogP contribution in [0.5, 0.6) is 0 Å². The Morgan fingerprint density at radius 1 is 1.50 bits per heavy atom. The van der Waals surface area contributed by atoms with Crippen LogP contribution in [0.25, 0.3) is 0 Å². The molecule has 1 aromatic rings. The molecule has 0 radical (unpaired) electrons. The van der Waals surface area contributed by atoms with E-state index in [1.165, 1.54) is 30.8 Å². The molecule has 3 rings (SSSR count). The van der Waals surface area contributed by atoms with Gasteiger partial charge >= 0.3 is 0 Å². The van der Waals surface area contributed by atoms with Crippen LogP contribution in [-0.4, -0.2) is 35.2 Å². The van der Waals surface area contributed by atoms with E-state index in [-0.39, 0.29) is 0 Å². The van der Waals surface area contributed by atoms with Gasteiger partial charge in [0.05, 0.1) is 6.10 Å². The highest BCUT2D eigenvalue weighted by atomic mass is 32.1. The molecule has 0 bridgehead atoms. The largest absolute Gasteiger partial charge is 0.378 e. The summed E-state index contributed by atoms with van der Waals surface area (Å²) in [5.74, 6) is 0.880. The summed E-state index contributed by atoms with van der Waals surface area (Å²) in [7, 11) is 2.16. The molecule has 0 N–H and O–H groups in total. The second-order valence-corrected chi connectivity index (χ2v) is 6.25. The van der Waals surface area contributed by atoms with Crippen molar-refractivity contribution < 1.29 is 4.74 Å². The van der Waals surface area contributed by atoms with Crippen LogP contribution in [0.1, 0.15) is 38.4 Å². The Labute approximate surface area is 113 Å². The summed E-state index contributed by atoms with van der Waals surface area (Å²) in [4.78, 5) is 6.83. The molecule has 0 aromatic carbocycles. The van der Waals surface area contributed by atoms with Crippen LogP contribution in [0.4, 0.5) is 5.13 Å². The number of aryl methyl sites for hydroxylation is 1. The van der Waals surface area contributed by atoms with Crippen LogP contribution in [0.15, 0.2) is 0 Å². The Morgan fingerprint density at radius 3 is 2.78 bits per heavy atom. The Hall–Kier alpha value is -0.680. The fraction of sp³-hybridized carbons (Fsp3) is 0.846. The lowest BCUT2D eigenvalue weighted by atomic mass is 9.50. The third kappa shape index (κ3) is 1.67. The molecule has 0 amide bonds. The topological polar surface area (TPSA) is 38.2 Å². The molecule has 0 aliphatic heterocycles. The summed E-state index contributed by atoms with van der Waals surface area (Å²) < 4.78 is 10.2. The summed E-state index contributed by atoms with van der Waals surface area (Å²) in [5, 5.41) is 1.05. The van der Waals surface area contributed by atoms with Gasteiger partial charge in [-0.1, -0.05) is 6.42 Å². The first kappa shape index (κ1) is 12.4. The molecule has 2 unspecified atom stereocenters. The normalized spacial score (nSPS) is 28.8. The maximum atomic E-state index is 5.90. The van der Waals surface area contributed by atoms with E-state index in [9.17, 15) is 0 Å². The van der Waals surface area contributed by atoms with Crippen molar-refractivity contribution in [2.24, 2.45) is 5.41 Å². The Balaban J connectivity index is 1.74. The molecule has 18 heavy (non-hydrogen) atoms. The van der Waals surface area contributed by atoms with E-state index < -0.39 is 0 Å². The fourth-order valence-electron chi connectivity index (χ4n) is 3.51. The van der Waals surface area contributed by atoms with Crippen molar-refractivity contribution in [1.29, 1.82) is 0 Å². The molecule has 2 saturated carbocycles. The molecule has 1 aromatic heterocycles. The van der Waals surface area contributed by atoms with Crippen LogP contribution in [0.3, 0.4) is 0 Å². The summed E-state index contributed by atoms with van der Waals surface area (Å²) in [6.07, 6.45) is 5.58. The Kier molecular flexibility index (Phi) is 3.06. The van der Waals surface area contributed by atoms with Gasteiger partial charge in [-0.05, 0) is 33.1 Å². The van der Waals surface area contributed by atoms with Crippen LogP contribution < -0.4 is 4.90 Å². The molecule has 2 aliphatic carbocycles. The average molecular weight is 267 g/mol. The molecule has 0 saturated heterocycles. The number of ether oxygens (including phenoxy) is 1. The highest BCUT2D eigenvalue weighted by molar-refractivity contribution is 7.09. The molecule has 1 spiro atoms. The second kappa shape index (κ2) is 4.46. The van der Waals surface area contributed by atoms with Crippen molar-refractivity contribution in [2.75, 3.05) is 18.6 Å². The lowest BCUT2D eigenvalue weighted by Gasteiger charge is -2.63. The molecule has 2 fully saturated rings. The van der Waals surface area contributed by atoms with Crippen molar-refractivity contribution in [3.63, 3.8) is 0 Å². The van der Waals surface area contributed by atoms with Gasteiger partial charge in [-0.25, -0.2) is 4.98 Å². The highest BCUT2D eigenvalue weighted by Crippen LogP contribution is 2.59. The molecular formula is C13H21N3OS. The Bertz CT molecular complexity index is 430. The molecule has 2 atom stereocenters. The minimum Gasteiger partial charge on any atom is -0.378 e. The second-order valence-electron chi connectivity index (χ2n) is 5.52. The first-order chi connectivity index (χ1) is 8.67. The van der Waals surface area contributed by atoms with E-state index in [1.807, 2.05) is 6.92 Å². The van der Waals surface area contributed by atoms with Gasteiger partial charge in [-0.3, -0.25) is 0 Å². The lowest BCUT2D eigenvalue weighted by molar-refractivity contribution is -0.163. The summed E-state index contributed by atoms with van der Waals surface area (Å²) in [6.45, 7) is 4.88. The van der Waals surface area contributed by atoms with Gasteiger partial charge in [0.25, 0.3) is 0 Å². The van der Waals surface area contributed by atoms with Crippen molar-refractivity contribution >= 4 is 16.7 Å². The Morgan fingerprint density at radius 2 is 2.28 bits per heavy atom. The number of hydrogen-bond donors (Lipinski definition) is 0. The molecule has 1 heterocycles. The van der Waals surface area contributed by atoms with Crippen LogP contribution in [-0.2, 0) is 4.74 Å². The molecule has 4 nitrogen and oxygen atoms in total. The van der Waals surface area contributed by atoms with Gasteiger partial charge in [-0.2, -0.15) is 4.37 Å². The quantitative estimate of drug-likeness (QED) is 0.840. The maximum Gasteiger partial charge on any atom is 0.205 e. The third-order valence-corrected chi connectivity index (χ3v) is 5.58. The minimum atomic E-state index is 0.407. The predicted octanol–water partition coefficient (Wildman–Crippen LogP) is 2.63. The number of hydrogen-bond acceptors (Lipinski definition) is 5. The van der Waals surface area contributed by atoms with Crippen LogP contribution in [0.2, 0.25) is 0 Å². The predicted molar refractivity (Wildman–Crippen MR) is 73.2 cm³/mol. The smallest absolute Gasteiger partial charge is 0.205 e. The lowest BCUT2D eigenvalue weighted by Crippen LogP contribution is -2.67. The van der Waals surface area contributed by atoms with E-state index >= 15 is 0 Å². The zero-order valence-electron chi connectivity index (χ0n) is 11.3. The van der Waals surface area contributed by atoms with Gasteiger partial charge < -0.3 is 9.64 Å². The first-order valence-electron chi connectivity index (χ1n) is 6.82. The minimum absolute atomic E-state index is 0.407. The summed E-state index contributed by atoms with van der Waals surface area (Å²) in [6, 6.07) is 0.593. The fourth-order valence-corrected chi connectivity index (χ4v) is 4.19. The van der Waals surface area contributed by atoms with Gasteiger partial charge in [0.2, 0.25) is 5.13 Å². The standard InChI is InChI=1S/C13H21N3OS/c1-4-17-11-8-10(13(11)6-5-7-13)16(3)12-14-9(2)15-18-12/h10-11H,4-8H2,1-3H3. The number of aromatic nitrogens is 2. The van der Waals surface area contributed by atoms with E-state index in [4.69, 9.17) is 4.74 Å². The van der Waals surface area contributed by atoms with Gasteiger partial charge in [0.1, 0.15) is 5.82 Å². The zero-order valence-corrected chi connectivity index (χ0v) is 12.2. The summed E-state index contributed by atoms with van der Waals surface area (Å²) in [5.41, 5.74) is 0.407. The monoisotopic (exact) mass is 267 g/mol. The van der Waals surface area contributed by atoms with Gasteiger partial charge in [-0.15, -0.1) is 0 Å².